The van der Waals surface area contributed by atoms with Crippen molar-refractivity contribution in [2.24, 2.45) is 0 Å². The minimum atomic E-state index is -0.777. The Morgan fingerprint density at radius 2 is 1.61 bits per heavy atom. The van der Waals surface area contributed by atoms with Crippen LogP contribution in [-0.4, -0.2) is 23.9 Å². The molecule has 0 fully saturated rings. The van der Waals surface area contributed by atoms with E-state index >= 15 is 0 Å². The molecule has 36 heavy (non-hydrogen) atoms. The zero-order chi connectivity index (χ0) is 25.4. The van der Waals surface area contributed by atoms with Gasteiger partial charge in [-0.3, -0.25) is 4.79 Å². The zero-order valence-corrected chi connectivity index (χ0v) is 20.1. The third-order valence-electron chi connectivity index (χ3n) is 5.79. The predicted octanol–water partition coefficient (Wildman–Crippen LogP) is 5.17. The van der Waals surface area contributed by atoms with Crippen molar-refractivity contribution < 1.29 is 23.4 Å². The first-order valence-electron chi connectivity index (χ1n) is 10.9. The van der Waals surface area contributed by atoms with Crippen LogP contribution in [0.3, 0.4) is 0 Å². The van der Waals surface area contributed by atoms with E-state index in [4.69, 9.17) is 13.9 Å². The summed E-state index contributed by atoms with van der Waals surface area (Å²) in [4.78, 5) is 27.2. The Kier molecular flexibility index (Phi) is 6.15. The molecule has 0 spiro atoms. The first-order chi connectivity index (χ1) is 17.4. The molecule has 5 aromatic rings. The number of fused-ring (bicyclic) bond motifs is 3. The van der Waals surface area contributed by atoms with Gasteiger partial charge >= 0.3 is 5.63 Å². The molecule has 0 bridgehead atoms. The summed E-state index contributed by atoms with van der Waals surface area (Å²) in [5, 5.41) is 11.5. The summed E-state index contributed by atoms with van der Waals surface area (Å²) in [5.74, 6) is 0.260. The lowest BCUT2D eigenvalue weighted by Gasteiger charge is -2.15. The normalized spacial score (nSPS) is 11.2. The molecule has 2 aromatic heterocycles. The van der Waals surface area contributed by atoms with Crippen LogP contribution in [0.5, 0.6) is 17.2 Å². The van der Waals surface area contributed by atoms with Crippen LogP contribution in [0.4, 0.5) is 4.39 Å². The third kappa shape index (κ3) is 4.18. The monoisotopic (exact) mass is 505 g/mol. The molecule has 0 amide bonds. The van der Waals surface area contributed by atoms with Gasteiger partial charge in [0, 0.05) is 10.3 Å². The maximum atomic E-state index is 13.7. The second kappa shape index (κ2) is 9.43. The molecule has 0 saturated carbocycles. The molecular weight excluding hydrogens is 485 g/mol. The van der Waals surface area contributed by atoms with Crippen molar-refractivity contribution in [3.8, 4) is 17.2 Å². The lowest BCUT2D eigenvalue weighted by atomic mass is 10.1. The number of hydrogen-bond donors (Lipinski definition) is 1. The highest BCUT2D eigenvalue weighted by molar-refractivity contribution is 7.99. The van der Waals surface area contributed by atoms with Gasteiger partial charge in [0.2, 0.25) is 0 Å². The van der Waals surface area contributed by atoms with Gasteiger partial charge < -0.3 is 23.6 Å². The quantitative estimate of drug-likeness (QED) is 0.319. The molecule has 9 heteroatoms. The van der Waals surface area contributed by atoms with Crippen LogP contribution in [-0.2, 0) is 6.54 Å². The van der Waals surface area contributed by atoms with Gasteiger partial charge in [0.1, 0.15) is 27.6 Å². The molecule has 0 unspecified atom stereocenters. The van der Waals surface area contributed by atoms with Crippen LogP contribution in [0, 0.1) is 5.82 Å². The van der Waals surface area contributed by atoms with E-state index in [2.05, 4.69) is 0 Å². The van der Waals surface area contributed by atoms with Gasteiger partial charge in [-0.15, -0.1) is 0 Å². The molecule has 0 aliphatic rings. The molecule has 0 saturated heterocycles. The minimum Gasteiger partial charge on any atom is -0.505 e. The van der Waals surface area contributed by atoms with Crippen molar-refractivity contribution in [1.82, 2.24) is 4.57 Å². The van der Waals surface area contributed by atoms with Gasteiger partial charge in [0.25, 0.3) is 5.56 Å². The van der Waals surface area contributed by atoms with Crippen LogP contribution < -0.4 is 20.7 Å². The van der Waals surface area contributed by atoms with E-state index < -0.39 is 16.9 Å². The summed E-state index contributed by atoms with van der Waals surface area (Å²) >= 11 is 0.982. The van der Waals surface area contributed by atoms with E-state index in [0.717, 1.165) is 11.8 Å². The highest BCUT2D eigenvalue weighted by Gasteiger charge is 2.23. The highest BCUT2D eigenvalue weighted by atomic mass is 32.2. The average Bonchev–Trinajstić information content (AvgIpc) is 2.89. The number of pyridine rings is 1. The fourth-order valence-corrected chi connectivity index (χ4v) is 4.81. The van der Waals surface area contributed by atoms with Gasteiger partial charge in [-0.25, -0.2) is 9.18 Å². The lowest BCUT2D eigenvalue weighted by molar-refractivity contribution is 0.414. The topological polar surface area (TPSA) is 90.9 Å². The fourth-order valence-electron chi connectivity index (χ4n) is 3.98. The summed E-state index contributed by atoms with van der Waals surface area (Å²) in [6.07, 6.45) is 0. The number of nitrogens with zero attached hydrogens (tertiary/aromatic N) is 1. The highest BCUT2D eigenvalue weighted by Crippen LogP contribution is 2.38. The molecule has 3 aromatic carbocycles. The Bertz CT molecular complexity index is 1710. The van der Waals surface area contributed by atoms with Crippen LogP contribution in [0.1, 0.15) is 5.56 Å². The second-order valence-electron chi connectivity index (χ2n) is 7.95. The van der Waals surface area contributed by atoms with Gasteiger partial charge in [0.05, 0.1) is 26.3 Å². The third-order valence-corrected chi connectivity index (χ3v) is 6.86. The van der Waals surface area contributed by atoms with E-state index in [9.17, 15) is 19.1 Å². The number of aromatic nitrogens is 1. The largest absolute Gasteiger partial charge is 0.505 e. The molecule has 0 aliphatic carbocycles. The number of ether oxygens (including phenoxy) is 2. The molecule has 7 nitrogen and oxygen atoms in total. The fraction of sp³-hybridized carbons (Fsp3) is 0.111. The lowest BCUT2D eigenvalue weighted by Crippen LogP contribution is -2.23. The van der Waals surface area contributed by atoms with E-state index in [1.165, 1.54) is 23.8 Å². The Morgan fingerprint density at radius 1 is 0.944 bits per heavy atom. The summed E-state index contributed by atoms with van der Waals surface area (Å²) < 4.78 is 31.0. The van der Waals surface area contributed by atoms with Gasteiger partial charge in [-0.05, 0) is 60.2 Å². The van der Waals surface area contributed by atoms with Crippen LogP contribution >= 0.6 is 11.8 Å². The van der Waals surface area contributed by atoms with E-state index in [1.54, 1.807) is 61.7 Å². The molecular formula is C27H20FNO6S. The molecule has 0 aliphatic heterocycles. The Morgan fingerprint density at radius 3 is 2.28 bits per heavy atom. The molecule has 1 N–H and O–H groups in total. The van der Waals surface area contributed by atoms with Crippen molar-refractivity contribution in [1.29, 1.82) is 0 Å². The van der Waals surface area contributed by atoms with Crippen molar-refractivity contribution in [3.63, 3.8) is 0 Å². The first-order valence-corrected chi connectivity index (χ1v) is 11.7. The number of hydrogen-bond acceptors (Lipinski definition) is 7. The standard InChI is InChI=1S/C27H20FNO6S/c1-33-17-7-10-19(11-8-17)36-25-23(30)22-24(35-27(25)32)20-13-18(34-2)9-12-21(20)29(26(22)31)14-15-3-5-16(28)6-4-15/h3-13,30H,14H2,1-2H3. The minimum absolute atomic E-state index is 0.0363. The molecule has 2 heterocycles. The maximum Gasteiger partial charge on any atom is 0.354 e. The zero-order valence-electron chi connectivity index (χ0n) is 19.3. The number of rotatable bonds is 6. The maximum absolute atomic E-state index is 13.7. The molecule has 0 radical (unpaired) electrons. The number of methoxy groups -OCH3 is 2. The van der Waals surface area contributed by atoms with Crippen LogP contribution in [0.2, 0.25) is 0 Å². The van der Waals surface area contributed by atoms with Crippen molar-refractivity contribution >= 4 is 33.6 Å². The molecule has 0 atom stereocenters. The Labute approximate surface area is 208 Å². The van der Waals surface area contributed by atoms with Crippen molar-refractivity contribution in [2.75, 3.05) is 14.2 Å². The van der Waals surface area contributed by atoms with Crippen molar-refractivity contribution in [3.05, 3.63) is 98.9 Å². The number of benzene rings is 3. The summed E-state index contributed by atoms with van der Waals surface area (Å²) in [6, 6.07) is 17.7. The van der Waals surface area contributed by atoms with E-state index in [0.29, 0.717) is 32.9 Å². The Hall–Kier alpha value is -4.24. The first kappa shape index (κ1) is 23.5. The van der Waals surface area contributed by atoms with Gasteiger partial charge in [-0.1, -0.05) is 23.9 Å². The SMILES string of the molecule is COc1ccc(Sc2c(O)c3c(=O)n(Cc4ccc(F)cc4)c4ccc(OC)cc4c3oc2=O)cc1. The van der Waals surface area contributed by atoms with Crippen LogP contribution in [0.25, 0.3) is 21.9 Å². The summed E-state index contributed by atoms with van der Waals surface area (Å²) in [5.41, 5.74) is -0.216. The predicted molar refractivity (Wildman–Crippen MR) is 135 cm³/mol. The summed E-state index contributed by atoms with van der Waals surface area (Å²) in [6.45, 7) is 0.109. The van der Waals surface area contributed by atoms with E-state index in [-0.39, 0.29) is 28.2 Å². The smallest absolute Gasteiger partial charge is 0.354 e. The van der Waals surface area contributed by atoms with Crippen LogP contribution in [0.15, 0.2) is 90.5 Å². The summed E-state index contributed by atoms with van der Waals surface area (Å²) in [7, 11) is 3.04. The van der Waals surface area contributed by atoms with Gasteiger partial charge in [0.15, 0.2) is 11.3 Å². The number of halogens is 1. The molecule has 5 rings (SSSR count). The van der Waals surface area contributed by atoms with E-state index in [1.807, 2.05) is 0 Å². The van der Waals surface area contributed by atoms with Gasteiger partial charge in [-0.2, -0.15) is 0 Å². The Balaban J connectivity index is 1.76. The van der Waals surface area contributed by atoms with Crippen molar-refractivity contribution in [2.45, 2.75) is 16.3 Å². The molecule has 182 valence electrons. The average molecular weight is 506 g/mol. The number of aromatic hydroxyl groups is 1. The second-order valence-corrected chi connectivity index (χ2v) is 9.03.